The Morgan fingerprint density at radius 3 is 1.37 bits per heavy atom. The average Bonchev–Trinajstić information content (AvgIpc) is 3.53. The second kappa shape index (κ2) is 23.0. The summed E-state index contributed by atoms with van der Waals surface area (Å²) >= 11 is 0. The van der Waals surface area contributed by atoms with Gasteiger partial charge in [-0.1, -0.05) is 147 Å². The van der Waals surface area contributed by atoms with E-state index in [0.29, 0.717) is 0 Å². The van der Waals surface area contributed by atoms with E-state index in [1.807, 2.05) is 0 Å². The number of ether oxygens (including phenoxy) is 2. The normalized spacial score (nSPS) is 14.5. The van der Waals surface area contributed by atoms with Gasteiger partial charge < -0.3 is 14.3 Å². The van der Waals surface area contributed by atoms with Gasteiger partial charge in [0.1, 0.15) is 11.5 Å². The molecule has 1 unspecified atom stereocenters. The van der Waals surface area contributed by atoms with Gasteiger partial charge in [-0.2, -0.15) is 0 Å². The SMILES string of the molecule is CCCCCCCCCCCCOc1ccc(C2=NOC(c3ccc(OCCCCCCCCCCCC)cc3)C2)cc1. The molecule has 0 N–H and O–H groups in total. The number of rotatable bonds is 26. The highest BCUT2D eigenvalue weighted by Crippen LogP contribution is 2.31. The molecule has 2 aromatic carbocycles. The molecule has 1 aliphatic rings. The van der Waals surface area contributed by atoms with Crippen LogP contribution in [0.25, 0.3) is 0 Å². The van der Waals surface area contributed by atoms with Crippen LogP contribution in [-0.2, 0) is 4.84 Å². The molecule has 0 amide bonds. The average molecular weight is 592 g/mol. The fraction of sp³-hybridized carbons (Fsp3) is 0.667. The Morgan fingerprint density at radius 2 is 0.930 bits per heavy atom. The van der Waals surface area contributed by atoms with Crippen molar-refractivity contribution in [3.63, 3.8) is 0 Å². The zero-order valence-corrected chi connectivity index (χ0v) is 27.6. The smallest absolute Gasteiger partial charge is 0.158 e. The monoisotopic (exact) mass is 591 g/mol. The largest absolute Gasteiger partial charge is 0.494 e. The van der Waals surface area contributed by atoms with Crippen molar-refractivity contribution in [1.29, 1.82) is 0 Å². The van der Waals surface area contributed by atoms with Gasteiger partial charge in [-0.15, -0.1) is 0 Å². The van der Waals surface area contributed by atoms with Crippen molar-refractivity contribution in [2.24, 2.45) is 5.16 Å². The fourth-order valence-electron chi connectivity index (χ4n) is 5.81. The van der Waals surface area contributed by atoms with Crippen LogP contribution in [0.1, 0.15) is 166 Å². The first kappa shape index (κ1) is 35.0. The highest BCUT2D eigenvalue weighted by atomic mass is 16.6. The minimum atomic E-state index is -0.0433. The number of nitrogens with zero attached hydrogens (tertiary/aromatic N) is 1. The lowest BCUT2D eigenvalue weighted by molar-refractivity contribution is 0.0857. The topological polar surface area (TPSA) is 40.0 Å². The van der Waals surface area contributed by atoms with Crippen LogP contribution in [0.15, 0.2) is 53.7 Å². The molecule has 0 aromatic heterocycles. The Kier molecular flexibility index (Phi) is 18.7. The maximum absolute atomic E-state index is 5.99. The molecule has 4 nitrogen and oxygen atoms in total. The van der Waals surface area contributed by atoms with Gasteiger partial charge in [-0.25, -0.2) is 0 Å². The summed E-state index contributed by atoms with van der Waals surface area (Å²) in [5.74, 6) is 1.87. The molecular formula is C39H61NO3. The van der Waals surface area contributed by atoms with E-state index < -0.39 is 0 Å². The van der Waals surface area contributed by atoms with Crippen molar-refractivity contribution in [3.8, 4) is 11.5 Å². The van der Waals surface area contributed by atoms with Crippen LogP contribution in [0, 0.1) is 0 Å². The van der Waals surface area contributed by atoms with Crippen LogP contribution in [0.2, 0.25) is 0 Å². The molecule has 0 radical (unpaired) electrons. The van der Waals surface area contributed by atoms with Crippen LogP contribution in [0.5, 0.6) is 11.5 Å². The second-order valence-corrected chi connectivity index (χ2v) is 12.5. The lowest BCUT2D eigenvalue weighted by Gasteiger charge is -2.11. The first-order valence-electron chi connectivity index (χ1n) is 18.0. The van der Waals surface area contributed by atoms with Crippen LogP contribution in [-0.4, -0.2) is 18.9 Å². The van der Waals surface area contributed by atoms with E-state index in [1.165, 1.54) is 116 Å². The lowest BCUT2D eigenvalue weighted by Crippen LogP contribution is -2.03. The number of benzene rings is 2. The van der Waals surface area contributed by atoms with Crippen LogP contribution >= 0.6 is 0 Å². The van der Waals surface area contributed by atoms with Gasteiger partial charge in [-0.3, -0.25) is 0 Å². The summed E-state index contributed by atoms with van der Waals surface area (Å²) in [5, 5.41) is 4.40. The summed E-state index contributed by atoms with van der Waals surface area (Å²) in [6.07, 6.45) is 27.6. The summed E-state index contributed by atoms with van der Waals surface area (Å²) in [5.41, 5.74) is 3.24. The van der Waals surface area contributed by atoms with Crippen molar-refractivity contribution < 1.29 is 14.3 Å². The molecular weight excluding hydrogens is 530 g/mol. The minimum absolute atomic E-state index is 0.0433. The molecule has 0 aliphatic carbocycles. The Bertz CT molecular complexity index is 969. The van der Waals surface area contributed by atoms with E-state index in [1.54, 1.807) is 0 Å². The summed E-state index contributed by atoms with van der Waals surface area (Å²) < 4.78 is 12.0. The van der Waals surface area contributed by atoms with Crippen molar-refractivity contribution in [2.45, 2.75) is 155 Å². The lowest BCUT2D eigenvalue weighted by atomic mass is 10.0. The molecule has 1 heterocycles. The van der Waals surface area contributed by atoms with E-state index in [-0.39, 0.29) is 6.10 Å². The zero-order valence-electron chi connectivity index (χ0n) is 27.6. The predicted octanol–water partition coefficient (Wildman–Crippen LogP) is 12.2. The third-order valence-corrected chi connectivity index (χ3v) is 8.64. The first-order chi connectivity index (χ1) is 21.3. The van der Waals surface area contributed by atoms with Gasteiger partial charge >= 0.3 is 0 Å². The standard InChI is InChI=1S/C39H61NO3/c1-3-5-7-9-11-13-15-17-19-21-31-41-36-27-23-34(24-28-36)38-33-39(43-40-38)35-25-29-37(30-26-35)42-32-22-20-18-16-14-12-10-8-6-4-2/h23-30,39H,3-22,31-33H2,1-2H3. The van der Waals surface area contributed by atoms with Crippen molar-refractivity contribution in [3.05, 3.63) is 59.7 Å². The van der Waals surface area contributed by atoms with Crippen LogP contribution in [0.3, 0.4) is 0 Å². The number of oxime groups is 1. The minimum Gasteiger partial charge on any atom is -0.494 e. The molecule has 3 rings (SSSR count). The molecule has 2 aromatic rings. The van der Waals surface area contributed by atoms with Gasteiger partial charge in [0, 0.05) is 6.42 Å². The predicted molar refractivity (Wildman–Crippen MR) is 183 cm³/mol. The second-order valence-electron chi connectivity index (χ2n) is 12.5. The maximum Gasteiger partial charge on any atom is 0.158 e. The first-order valence-corrected chi connectivity index (χ1v) is 18.0. The number of unbranched alkanes of at least 4 members (excludes halogenated alkanes) is 18. The van der Waals surface area contributed by atoms with E-state index >= 15 is 0 Å². The number of hydrogen-bond donors (Lipinski definition) is 0. The third-order valence-electron chi connectivity index (χ3n) is 8.64. The molecule has 0 spiro atoms. The summed E-state index contributed by atoms with van der Waals surface area (Å²) in [6, 6.07) is 16.7. The molecule has 1 aliphatic heterocycles. The van der Waals surface area contributed by atoms with Crippen LogP contribution in [0.4, 0.5) is 0 Å². The van der Waals surface area contributed by atoms with Crippen molar-refractivity contribution >= 4 is 5.71 Å². The molecule has 0 saturated heterocycles. The third kappa shape index (κ3) is 15.2. The number of hydrogen-bond acceptors (Lipinski definition) is 4. The van der Waals surface area contributed by atoms with Crippen molar-refractivity contribution in [1.82, 2.24) is 0 Å². The highest BCUT2D eigenvalue weighted by molar-refractivity contribution is 6.01. The van der Waals surface area contributed by atoms with E-state index in [0.717, 1.165) is 60.8 Å². The van der Waals surface area contributed by atoms with E-state index in [9.17, 15) is 0 Å². The Hall–Kier alpha value is -2.49. The van der Waals surface area contributed by atoms with Crippen LogP contribution < -0.4 is 9.47 Å². The molecule has 240 valence electrons. The quantitative estimate of drug-likeness (QED) is 0.102. The molecule has 43 heavy (non-hydrogen) atoms. The fourth-order valence-corrected chi connectivity index (χ4v) is 5.81. The molecule has 0 fully saturated rings. The van der Waals surface area contributed by atoms with Gasteiger partial charge in [0.05, 0.1) is 18.9 Å². The van der Waals surface area contributed by atoms with E-state index in [4.69, 9.17) is 14.3 Å². The van der Waals surface area contributed by atoms with Gasteiger partial charge in [0.25, 0.3) is 0 Å². The summed E-state index contributed by atoms with van der Waals surface area (Å²) in [4.78, 5) is 5.81. The molecule has 0 saturated carbocycles. The van der Waals surface area contributed by atoms with E-state index in [2.05, 4.69) is 67.5 Å². The highest BCUT2D eigenvalue weighted by Gasteiger charge is 2.24. The Balaban J connectivity index is 1.23. The zero-order chi connectivity index (χ0) is 30.2. The summed E-state index contributed by atoms with van der Waals surface area (Å²) in [7, 11) is 0. The molecule has 4 heteroatoms. The molecule has 1 atom stereocenters. The van der Waals surface area contributed by atoms with Gasteiger partial charge in [0.15, 0.2) is 6.10 Å². The molecule has 0 bridgehead atoms. The van der Waals surface area contributed by atoms with Crippen molar-refractivity contribution in [2.75, 3.05) is 13.2 Å². The van der Waals surface area contributed by atoms with Gasteiger partial charge in [-0.05, 0) is 60.4 Å². The Labute approximate surface area is 264 Å². The maximum atomic E-state index is 5.99. The van der Waals surface area contributed by atoms with Gasteiger partial charge in [0.2, 0.25) is 0 Å². The Morgan fingerprint density at radius 1 is 0.535 bits per heavy atom. The summed E-state index contributed by atoms with van der Waals surface area (Å²) in [6.45, 7) is 6.14.